The van der Waals surface area contributed by atoms with Crippen molar-refractivity contribution < 1.29 is 4.74 Å². The number of nitrogens with one attached hydrogen (secondary N) is 3. The van der Waals surface area contributed by atoms with Crippen LogP contribution in [0, 0.1) is 13.8 Å². The van der Waals surface area contributed by atoms with Crippen LogP contribution in [0.2, 0.25) is 0 Å². The van der Waals surface area contributed by atoms with Crippen LogP contribution in [-0.4, -0.2) is 23.8 Å². The van der Waals surface area contributed by atoms with E-state index in [4.69, 9.17) is 17.0 Å². The fourth-order valence-electron chi connectivity index (χ4n) is 2.96. The van der Waals surface area contributed by atoms with Gasteiger partial charge in [0, 0.05) is 23.2 Å². The van der Waals surface area contributed by atoms with Crippen molar-refractivity contribution in [3.8, 4) is 5.75 Å². The second-order valence-electron chi connectivity index (χ2n) is 6.47. The van der Waals surface area contributed by atoms with Crippen LogP contribution in [0.1, 0.15) is 16.7 Å². The molecule has 3 N–H and O–H groups in total. The van der Waals surface area contributed by atoms with Crippen LogP contribution in [0.3, 0.4) is 0 Å². The summed E-state index contributed by atoms with van der Waals surface area (Å²) >= 11 is 5.32. The molecule has 0 amide bonds. The van der Waals surface area contributed by atoms with Gasteiger partial charge in [0.25, 0.3) is 5.56 Å². The Balaban J connectivity index is 1.62. The van der Waals surface area contributed by atoms with Gasteiger partial charge in [0.05, 0.1) is 12.6 Å². The number of H-pyrrole nitrogens is 1. The van der Waals surface area contributed by atoms with Crippen molar-refractivity contribution in [1.29, 1.82) is 0 Å². The number of hydrogen-bond acceptors (Lipinski definition) is 3. The highest BCUT2D eigenvalue weighted by atomic mass is 32.1. The van der Waals surface area contributed by atoms with E-state index in [-0.39, 0.29) is 5.56 Å². The highest BCUT2D eigenvalue weighted by Gasteiger charge is 2.07. The average molecular weight is 382 g/mol. The van der Waals surface area contributed by atoms with E-state index in [1.807, 2.05) is 43.3 Å². The number of aryl methyl sites for hydroxylation is 2. The molecule has 140 valence electrons. The molecule has 0 atom stereocenters. The largest absolute Gasteiger partial charge is 0.497 e. The predicted octanol–water partition coefficient (Wildman–Crippen LogP) is 3.68. The Kier molecular flexibility index (Phi) is 5.76. The lowest BCUT2D eigenvalue weighted by atomic mass is 10.0. The van der Waals surface area contributed by atoms with E-state index in [1.165, 1.54) is 0 Å². The second-order valence-corrected chi connectivity index (χ2v) is 6.88. The van der Waals surface area contributed by atoms with Crippen molar-refractivity contribution >= 4 is 33.9 Å². The fraction of sp³-hybridized carbons (Fsp3) is 0.238. The molecule has 0 fully saturated rings. The van der Waals surface area contributed by atoms with Gasteiger partial charge in [0.1, 0.15) is 5.75 Å². The molecule has 5 nitrogen and oxygen atoms in total. The van der Waals surface area contributed by atoms with Crippen LogP contribution in [0.25, 0.3) is 10.9 Å². The van der Waals surface area contributed by atoms with Crippen LogP contribution < -0.4 is 20.9 Å². The van der Waals surface area contributed by atoms with Gasteiger partial charge in [-0.2, -0.15) is 0 Å². The lowest BCUT2D eigenvalue weighted by Crippen LogP contribution is -2.31. The number of pyridine rings is 1. The molecule has 0 radical (unpaired) electrons. The smallest absolute Gasteiger partial charge is 0.251 e. The first kappa shape index (κ1) is 18.9. The van der Waals surface area contributed by atoms with Crippen molar-refractivity contribution in [1.82, 2.24) is 10.3 Å². The Hall–Kier alpha value is -2.86. The van der Waals surface area contributed by atoms with Crippen LogP contribution in [0.15, 0.2) is 47.3 Å². The third kappa shape index (κ3) is 4.46. The van der Waals surface area contributed by atoms with E-state index in [1.54, 1.807) is 7.11 Å². The molecule has 2 aromatic carbocycles. The first-order chi connectivity index (χ1) is 13.0. The average Bonchev–Trinajstić information content (AvgIpc) is 2.66. The third-order valence-corrected chi connectivity index (χ3v) is 4.79. The number of thiocarbonyl (C=S) groups is 1. The summed E-state index contributed by atoms with van der Waals surface area (Å²) in [6, 6.07) is 13.6. The molecule has 0 bridgehead atoms. The Bertz CT molecular complexity index is 1030. The maximum Gasteiger partial charge on any atom is 0.251 e. The minimum Gasteiger partial charge on any atom is -0.497 e. The van der Waals surface area contributed by atoms with Crippen molar-refractivity contribution in [2.75, 3.05) is 19.0 Å². The van der Waals surface area contributed by atoms with E-state index in [2.05, 4.69) is 28.6 Å². The van der Waals surface area contributed by atoms with Crippen molar-refractivity contribution in [2.45, 2.75) is 20.3 Å². The molecular weight excluding hydrogens is 358 g/mol. The monoisotopic (exact) mass is 381 g/mol. The molecule has 6 heteroatoms. The number of benzene rings is 2. The summed E-state index contributed by atoms with van der Waals surface area (Å²) in [5.41, 5.74) is 4.71. The number of ether oxygens (including phenoxy) is 1. The fourth-order valence-corrected chi connectivity index (χ4v) is 3.18. The summed E-state index contributed by atoms with van der Waals surface area (Å²) in [6.07, 6.45) is 0.586. The first-order valence-corrected chi connectivity index (χ1v) is 9.20. The van der Waals surface area contributed by atoms with E-state index in [0.29, 0.717) is 18.1 Å². The number of aromatic amines is 1. The minimum atomic E-state index is -0.0490. The highest BCUT2D eigenvalue weighted by molar-refractivity contribution is 7.80. The summed E-state index contributed by atoms with van der Waals surface area (Å²) in [7, 11) is 1.63. The number of hydrogen-bond donors (Lipinski definition) is 3. The summed E-state index contributed by atoms with van der Waals surface area (Å²) in [5, 5.41) is 7.87. The predicted molar refractivity (Wildman–Crippen MR) is 115 cm³/mol. The third-order valence-electron chi connectivity index (χ3n) is 4.55. The molecule has 27 heavy (non-hydrogen) atoms. The Morgan fingerprint density at radius 3 is 2.52 bits per heavy atom. The Labute approximate surface area is 163 Å². The number of anilines is 1. The summed E-state index contributed by atoms with van der Waals surface area (Å²) < 4.78 is 5.14. The second kappa shape index (κ2) is 8.22. The topological polar surface area (TPSA) is 66.2 Å². The molecule has 0 aliphatic heterocycles. The quantitative estimate of drug-likeness (QED) is 0.589. The van der Waals surface area contributed by atoms with E-state index in [9.17, 15) is 4.79 Å². The molecule has 3 aromatic rings. The lowest BCUT2D eigenvalue weighted by molar-refractivity contribution is 0.415. The van der Waals surface area contributed by atoms with Gasteiger partial charge in [-0.1, -0.05) is 12.1 Å². The molecule has 0 saturated carbocycles. The minimum absolute atomic E-state index is 0.0490. The number of rotatable bonds is 5. The summed E-state index contributed by atoms with van der Waals surface area (Å²) in [6.45, 7) is 4.62. The molecule has 1 heterocycles. The zero-order valence-corrected chi connectivity index (χ0v) is 16.5. The number of aromatic nitrogens is 1. The van der Waals surface area contributed by atoms with Gasteiger partial charge in [0.2, 0.25) is 0 Å². The molecule has 0 aliphatic carbocycles. The molecule has 0 aliphatic rings. The van der Waals surface area contributed by atoms with E-state index >= 15 is 0 Å². The van der Waals surface area contributed by atoms with Crippen LogP contribution >= 0.6 is 12.2 Å². The molecule has 3 rings (SSSR count). The zero-order valence-electron chi connectivity index (χ0n) is 15.7. The van der Waals surface area contributed by atoms with Crippen LogP contribution in [0.5, 0.6) is 5.75 Å². The van der Waals surface area contributed by atoms with Gasteiger partial charge in [-0.15, -0.1) is 0 Å². The normalized spacial score (nSPS) is 10.6. The lowest BCUT2D eigenvalue weighted by Gasteiger charge is -2.12. The Morgan fingerprint density at radius 2 is 1.81 bits per heavy atom. The molecule has 0 saturated heterocycles. The standard InChI is InChI=1S/C21H23N3O2S/c1-13-4-5-14(2)19-18(13)12-15(20(25)24-19)10-11-22-21(27)23-16-6-8-17(26-3)9-7-16/h4-9,12H,10-11H2,1-3H3,(H,24,25)(H2,22,23,27). The van der Waals surface area contributed by atoms with Crippen LogP contribution in [-0.2, 0) is 6.42 Å². The zero-order chi connectivity index (χ0) is 19.4. The van der Waals surface area contributed by atoms with Gasteiger partial charge in [-0.25, -0.2) is 0 Å². The molecule has 1 aromatic heterocycles. The molecular formula is C21H23N3O2S. The van der Waals surface area contributed by atoms with Crippen molar-refractivity contribution in [3.63, 3.8) is 0 Å². The summed E-state index contributed by atoms with van der Waals surface area (Å²) in [4.78, 5) is 15.4. The van der Waals surface area contributed by atoms with Crippen LogP contribution in [0.4, 0.5) is 5.69 Å². The van der Waals surface area contributed by atoms with Gasteiger partial charge in [-0.3, -0.25) is 4.79 Å². The number of methoxy groups -OCH3 is 1. The van der Waals surface area contributed by atoms with Gasteiger partial charge >= 0.3 is 0 Å². The van der Waals surface area contributed by atoms with E-state index < -0.39 is 0 Å². The van der Waals surface area contributed by atoms with Crippen molar-refractivity contribution in [3.05, 3.63) is 69.5 Å². The Morgan fingerprint density at radius 1 is 1.11 bits per heavy atom. The van der Waals surface area contributed by atoms with Crippen molar-refractivity contribution in [2.24, 2.45) is 0 Å². The van der Waals surface area contributed by atoms with Gasteiger partial charge in [0.15, 0.2) is 5.11 Å². The summed E-state index contributed by atoms with van der Waals surface area (Å²) in [5.74, 6) is 0.792. The highest BCUT2D eigenvalue weighted by Crippen LogP contribution is 2.19. The number of fused-ring (bicyclic) bond motifs is 1. The van der Waals surface area contributed by atoms with E-state index in [0.717, 1.165) is 39.0 Å². The maximum absolute atomic E-state index is 12.4. The molecule has 0 spiro atoms. The molecule has 0 unspecified atom stereocenters. The van der Waals surface area contributed by atoms with Gasteiger partial charge < -0.3 is 20.4 Å². The first-order valence-electron chi connectivity index (χ1n) is 8.79. The SMILES string of the molecule is COc1ccc(NC(=S)NCCc2cc3c(C)ccc(C)c3[nH]c2=O)cc1. The van der Waals surface area contributed by atoms with Gasteiger partial charge in [-0.05, 0) is 73.9 Å². The maximum atomic E-state index is 12.4.